The molecule has 0 spiro atoms. The number of aromatic nitrogens is 1. The molecular weight excluding hydrogens is 386 g/mol. The molecule has 6 nitrogen and oxygen atoms in total. The number of sulfonamides is 1. The molecular formula is C19H24ClN3O3S. The zero-order chi connectivity index (χ0) is 19.8. The number of benzene rings is 1. The zero-order valence-electron chi connectivity index (χ0n) is 15.7. The van der Waals surface area contributed by atoms with Gasteiger partial charge in [0.15, 0.2) is 0 Å². The minimum absolute atomic E-state index is 0.307. The van der Waals surface area contributed by atoms with E-state index >= 15 is 0 Å². The molecule has 1 aromatic heterocycles. The number of rotatable bonds is 4. The Bertz CT molecular complexity index is 939. The highest BCUT2D eigenvalue weighted by Gasteiger charge is 2.31. The first kappa shape index (κ1) is 20.2. The van der Waals surface area contributed by atoms with Crippen molar-refractivity contribution in [3.8, 4) is 11.1 Å². The number of nitrogens with zero attached hydrogens (tertiary/aromatic N) is 3. The summed E-state index contributed by atoms with van der Waals surface area (Å²) in [4.78, 5) is 6.16. The number of aliphatic hydroxyl groups excluding tert-OH is 1. The van der Waals surface area contributed by atoms with Crippen LogP contribution >= 0.6 is 11.6 Å². The molecule has 1 fully saturated rings. The largest absolute Gasteiger partial charge is 0.379 e. The third-order valence-electron chi connectivity index (χ3n) is 4.98. The van der Waals surface area contributed by atoms with E-state index in [0.717, 1.165) is 16.7 Å². The van der Waals surface area contributed by atoms with Gasteiger partial charge in [0.2, 0.25) is 10.0 Å². The van der Waals surface area contributed by atoms with Crippen LogP contribution in [0.3, 0.4) is 0 Å². The van der Waals surface area contributed by atoms with Crippen molar-refractivity contribution in [3.05, 3.63) is 46.7 Å². The van der Waals surface area contributed by atoms with Gasteiger partial charge in [0.25, 0.3) is 0 Å². The van der Waals surface area contributed by atoms with Gasteiger partial charge in [-0.1, -0.05) is 17.7 Å². The third kappa shape index (κ3) is 4.17. The van der Waals surface area contributed by atoms with Crippen LogP contribution in [0.25, 0.3) is 11.1 Å². The van der Waals surface area contributed by atoms with Crippen LogP contribution in [0.4, 0.5) is 0 Å². The fourth-order valence-corrected chi connectivity index (χ4v) is 5.28. The molecule has 1 atom stereocenters. The highest BCUT2D eigenvalue weighted by atomic mass is 35.5. The second kappa shape index (κ2) is 7.85. The lowest BCUT2D eigenvalue weighted by molar-refractivity contribution is -0.000183. The van der Waals surface area contributed by atoms with Gasteiger partial charge < -0.3 is 5.11 Å². The lowest BCUT2D eigenvalue weighted by Crippen LogP contribution is -2.51. The Morgan fingerprint density at radius 2 is 1.78 bits per heavy atom. The highest BCUT2D eigenvalue weighted by molar-refractivity contribution is 7.89. The fourth-order valence-electron chi connectivity index (χ4n) is 3.45. The van der Waals surface area contributed by atoms with Gasteiger partial charge >= 0.3 is 0 Å². The maximum absolute atomic E-state index is 13.3. The van der Waals surface area contributed by atoms with Crippen LogP contribution in [0.15, 0.2) is 35.4 Å². The summed E-state index contributed by atoms with van der Waals surface area (Å²) >= 11 is 6.01. The minimum Gasteiger partial charge on any atom is -0.379 e. The first-order chi connectivity index (χ1) is 12.7. The number of aliphatic hydroxyl groups is 1. The molecule has 0 radical (unpaired) electrons. The molecule has 1 aliphatic rings. The number of pyridine rings is 1. The maximum atomic E-state index is 13.3. The molecule has 2 heterocycles. The van der Waals surface area contributed by atoms with Crippen molar-refractivity contribution in [2.45, 2.75) is 31.9 Å². The van der Waals surface area contributed by atoms with Crippen LogP contribution in [-0.4, -0.2) is 60.1 Å². The lowest BCUT2D eigenvalue weighted by Gasteiger charge is -2.35. The van der Waals surface area contributed by atoms with Crippen LogP contribution in [0, 0.1) is 13.8 Å². The average Bonchev–Trinajstić information content (AvgIpc) is 2.61. The van der Waals surface area contributed by atoms with Gasteiger partial charge in [-0.05, 0) is 61.2 Å². The van der Waals surface area contributed by atoms with Gasteiger partial charge in [0.05, 0.1) is 4.90 Å². The number of piperazine rings is 1. The molecule has 3 rings (SSSR count). The van der Waals surface area contributed by atoms with E-state index in [9.17, 15) is 13.5 Å². The van der Waals surface area contributed by atoms with Crippen molar-refractivity contribution in [1.82, 2.24) is 14.2 Å². The van der Waals surface area contributed by atoms with Gasteiger partial charge in [-0.3, -0.25) is 4.90 Å². The molecule has 27 heavy (non-hydrogen) atoms. The molecule has 8 heteroatoms. The van der Waals surface area contributed by atoms with Gasteiger partial charge in [-0.15, -0.1) is 0 Å². The Hall–Kier alpha value is -1.51. The number of hydrogen-bond acceptors (Lipinski definition) is 5. The summed E-state index contributed by atoms with van der Waals surface area (Å²) in [6.45, 7) is 7.20. The van der Waals surface area contributed by atoms with Crippen molar-refractivity contribution in [2.75, 3.05) is 26.2 Å². The molecule has 1 unspecified atom stereocenters. The second-order valence-corrected chi connectivity index (χ2v) is 9.17. The van der Waals surface area contributed by atoms with Crippen molar-refractivity contribution in [1.29, 1.82) is 0 Å². The number of halogens is 1. The molecule has 0 bridgehead atoms. The first-order valence-electron chi connectivity index (χ1n) is 8.85. The topological polar surface area (TPSA) is 73.7 Å². The number of hydrogen-bond donors (Lipinski definition) is 1. The third-order valence-corrected chi connectivity index (χ3v) is 7.23. The summed E-state index contributed by atoms with van der Waals surface area (Å²) in [5.41, 5.74) is 3.36. The van der Waals surface area contributed by atoms with E-state index in [1.165, 1.54) is 4.31 Å². The molecule has 1 saturated heterocycles. The molecule has 146 valence electrons. The molecule has 1 aliphatic heterocycles. The SMILES string of the molecule is Cc1cc(C)c(S(=O)(=O)N2CCN(C(C)O)CC2)cc1-c1ccnc(Cl)c1. The maximum Gasteiger partial charge on any atom is 0.243 e. The molecule has 1 N–H and O–H groups in total. The predicted octanol–water partition coefficient (Wildman–Crippen LogP) is 2.66. The lowest BCUT2D eigenvalue weighted by atomic mass is 10.00. The van der Waals surface area contributed by atoms with E-state index in [1.54, 1.807) is 25.3 Å². The van der Waals surface area contributed by atoms with Gasteiger partial charge in [0, 0.05) is 32.4 Å². The summed E-state index contributed by atoms with van der Waals surface area (Å²) in [6.07, 6.45) is 1.04. The Kier molecular flexibility index (Phi) is 5.88. The van der Waals surface area contributed by atoms with E-state index in [2.05, 4.69) is 4.98 Å². The zero-order valence-corrected chi connectivity index (χ0v) is 17.3. The Morgan fingerprint density at radius 3 is 2.37 bits per heavy atom. The molecule has 0 aliphatic carbocycles. The Morgan fingerprint density at radius 1 is 1.11 bits per heavy atom. The van der Waals surface area contributed by atoms with E-state index in [-0.39, 0.29) is 0 Å². The highest BCUT2D eigenvalue weighted by Crippen LogP contribution is 2.31. The monoisotopic (exact) mass is 409 g/mol. The summed E-state index contributed by atoms with van der Waals surface area (Å²) in [7, 11) is -3.62. The van der Waals surface area contributed by atoms with Gasteiger partial charge in [-0.25, -0.2) is 13.4 Å². The molecule has 2 aromatic rings. The smallest absolute Gasteiger partial charge is 0.243 e. The van der Waals surface area contributed by atoms with E-state index in [1.807, 2.05) is 30.9 Å². The summed E-state index contributed by atoms with van der Waals surface area (Å²) in [6, 6.07) is 7.17. The fraction of sp³-hybridized carbons (Fsp3) is 0.421. The van der Waals surface area contributed by atoms with Gasteiger partial charge in [-0.2, -0.15) is 4.31 Å². The first-order valence-corrected chi connectivity index (χ1v) is 10.7. The Balaban J connectivity index is 1.97. The summed E-state index contributed by atoms with van der Waals surface area (Å²) in [5.74, 6) is 0. The standard InChI is InChI=1S/C19H24ClN3O3S/c1-13-10-14(2)18(12-17(13)16-4-5-21-19(20)11-16)27(25,26)23-8-6-22(7-9-23)15(3)24/h4-5,10-12,15,24H,6-9H2,1-3H3. The average molecular weight is 410 g/mol. The molecule has 0 saturated carbocycles. The Labute approximate surface area is 165 Å². The molecule has 1 aromatic carbocycles. The minimum atomic E-state index is -3.62. The summed E-state index contributed by atoms with van der Waals surface area (Å²) < 4.78 is 28.0. The van der Waals surface area contributed by atoms with Crippen LogP contribution < -0.4 is 0 Å². The van der Waals surface area contributed by atoms with E-state index < -0.39 is 16.3 Å². The van der Waals surface area contributed by atoms with E-state index in [4.69, 9.17) is 11.6 Å². The van der Waals surface area contributed by atoms with E-state index in [0.29, 0.717) is 41.8 Å². The summed E-state index contributed by atoms with van der Waals surface area (Å²) in [5, 5.41) is 10.1. The van der Waals surface area contributed by atoms with Crippen molar-refractivity contribution < 1.29 is 13.5 Å². The predicted molar refractivity (Wildman–Crippen MR) is 106 cm³/mol. The van der Waals surface area contributed by atoms with Crippen LogP contribution in [-0.2, 0) is 10.0 Å². The normalized spacial score (nSPS) is 17.8. The number of aryl methyl sites for hydroxylation is 2. The van der Waals surface area contributed by atoms with Crippen molar-refractivity contribution in [2.24, 2.45) is 0 Å². The quantitative estimate of drug-likeness (QED) is 0.786. The van der Waals surface area contributed by atoms with Crippen LogP contribution in [0.5, 0.6) is 0 Å². The van der Waals surface area contributed by atoms with Crippen molar-refractivity contribution in [3.63, 3.8) is 0 Å². The van der Waals surface area contributed by atoms with Crippen molar-refractivity contribution >= 4 is 21.6 Å². The van der Waals surface area contributed by atoms with Crippen LogP contribution in [0.1, 0.15) is 18.1 Å². The molecule has 0 amide bonds. The van der Waals surface area contributed by atoms with Crippen LogP contribution in [0.2, 0.25) is 5.15 Å². The van der Waals surface area contributed by atoms with Gasteiger partial charge in [0.1, 0.15) is 11.4 Å². The second-order valence-electron chi connectivity index (χ2n) is 6.87.